The third-order valence-corrected chi connectivity index (χ3v) is 3.13. The van der Waals surface area contributed by atoms with Crippen LogP contribution in [0.3, 0.4) is 0 Å². The second kappa shape index (κ2) is 6.76. The van der Waals surface area contributed by atoms with Crippen LogP contribution in [-0.4, -0.2) is 18.5 Å². The fraction of sp³-hybridized carbons (Fsp3) is 0.500. The number of hydrogen-bond donors (Lipinski definition) is 2. The molecule has 0 saturated carbocycles. The van der Waals surface area contributed by atoms with Gasteiger partial charge in [-0.05, 0) is 30.5 Å². The minimum atomic E-state index is -0.197. The van der Waals surface area contributed by atoms with E-state index in [-0.39, 0.29) is 23.8 Å². The molecule has 0 aliphatic heterocycles. The predicted molar refractivity (Wildman–Crippen MR) is 75.7 cm³/mol. The van der Waals surface area contributed by atoms with Crippen LogP contribution < -0.4 is 11.1 Å². The fourth-order valence-corrected chi connectivity index (χ4v) is 2.13. The van der Waals surface area contributed by atoms with Crippen molar-refractivity contribution in [3.05, 3.63) is 34.9 Å². The molecule has 0 aliphatic rings. The topological polar surface area (TPSA) is 55.1 Å². The first-order valence-electron chi connectivity index (χ1n) is 6.21. The van der Waals surface area contributed by atoms with Crippen LogP contribution in [0.1, 0.15) is 32.3 Å². The number of rotatable bonds is 5. The number of nitrogens with two attached hydrogens (primary N) is 1. The molecule has 3 nitrogen and oxygen atoms in total. The Labute approximate surface area is 114 Å². The molecule has 0 aromatic heterocycles. The van der Waals surface area contributed by atoms with Gasteiger partial charge in [0.2, 0.25) is 5.91 Å². The highest BCUT2D eigenvalue weighted by atomic mass is 35.5. The van der Waals surface area contributed by atoms with E-state index in [1.807, 2.05) is 45.0 Å². The molecule has 0 fully saturated rings. The summed E-state index contributed by atoms with van der Waals surface area (Å²) >= 11 is 5.98. The Hall–Kier alpha value is -1.06. The number of carbonyl (C=O) groups is 1. The van der Waals surface area contributed by atoms with Crippen molar-refractivity contribution in [2.24, 2.45) is 11.7 Å². The lowest BCUT2D eigenvalue weighted by atomic mass is 9.87. The summed E-state index contributed by atoms with van der Waals surface area (Å²) in [5, 5.41) is 3.57. The van der Waals surface area contributed by atoms with Crippen molar-refractivity contribution in [2.45, 2.75) is 32.7 Å². The van der Waals surface area contributed by atoms with Gasteiger partial charge in [-0.3, -0.25) is 4.79 Å². The van der Waals surface area contributed by atoms with Crippen LogP contribution in [0.15, 0.2) is 24.3 Å². The number of amides is 1. The van der Waals surface area contributed by atoms with E-state index in [1.165, 1.54) is 0 Å². The molecule has 1 amide bonds. The predicted octanol–water partition coefficient (Wildman–Crippen LogP) is 2.54. The van der Waals surface area contributed by atoms with Crippen LogP contribution in [0, 0.1) is 5.92 Å². The second-order valence-electron chi connectivity index (χ2n) is 4.92. The summed E-state index contributed by atoms with van der Waals surface area (Å²) in [7, 11) is 0. The first-order chi connectivity index (χ1) is 8.45. The van der Waals surface area contributed by atoms with Gasteiger partial charge in [-0.1, -0.05) is 37.6 Å². The molecule has 18 heavy (non-hydrogen) atoms. The Bertz CT molecular complexity index is 407. The normalized spacial score (nSPS) is 14.3. The van der Waals surface area contributed by atoms with Crippen molar-refractivity contribution in [2.75, 3.05) is 6.54 Å². The third-order valence-electron chi connectivity index (χ3n) is 2.90. The maximum absolute atomic E-state index is 12.3. The lowest BCUT2D eigenvalue weighted by Gasteiger charge is -2.23. The molecule has 0 bridgehead atoms. The van der Waals surface area contributed by atoms with Crippen LogP contribution in [0.4, 0.5) is 0 Å². The van der Waals surface area contributed by atoms with Crippen molar-refractivity contribution in [1.82, 2.24) is 5.32 Å². The first kappa shape index (κ1) is 15.0. The quantitative estimate of drug-likeness (QED) is 0.862. The molecule has 0 radical (unpaired) electrons. The molecule has 1 unspecified atom stereocenters. The summed E-state index contributed by atoms with van der Waals surface area (Å²) in [5.41, 5.74) is 6.47. The van der Waals surface area contributed by atoms with Crippen LogP contribution in [-0.2, 0) is 4.79 Å². The number of halogens is 1. The second-order valence-corrected chi connectivity index (χ2v) is 5.36. The van der Waals surface area contributed by atoms with Gasteiger partial charge in [-0.15, -0.1) is 0 Å². The lowest BCUT2D eigenvalue weighted by molar-refractivity contribution is -0.124. The van der Waals surface area contributed by atoms with E-state index in [9.17, 15) is 4.79 Å². The van der Waals surface area contributed by atoms with Gasteiger partial charge >= 0.3 is 0 Å². The van der Waals surface area contributed by atoms with Crippen molar-refractivity contribution >= 4 is 17.5 Å². The van der Waals surface area contributed by atoms with E-state index in [0.717, 1.165) is 5.56 Å². The molecule has 100 valence electrons. The van der Waals surface area contributed by atoms with E-state index < -0.39 is 0 Å². The molecule has 3 N–H and O–H groups in total. The van der Waals surface area contributed by atoms with E-state index in [2.05, 4.69) is 5.32 Å². The van der Waals surface area contributed by atoms with Crippen molar-refractivity contribution in [3.8, 4) is 0 Å². The number of hydrogen-bond acceptors (Lipinski definition) is 2. The Balaban J connectivity index is 2.93. The zero-order valence-electron chi connectivity index (χ0n) is 11.1. The highest BCUT2D eigenvalue weighted by molar-refractivity contribution is 6.30. The number of benzene rings is 1. The van der Waals surface area contributed by atoms with Crippen LogP contribution in [0.2, 0.25) is 5.02 Å². The molecule has 0 heterocycles. The summed E-state index contributed by atoms with van der Waals surface area (Å²) in [6, 6.07) is 7.44. The van der Waals surface area contributed by atoms with Gasteiger partial charge in [0.1, 0.15) is 0 Å². The summed E-state index contributed by atoms with van der Waals surface area (Å²) in [4.78, 5) is 12.3. The molecule has 1 aromatic rings. The van der Waals surface area contributed by atoms with Crippen LogP contribution in [0.25, 0.3) is 0 Å². The third kappa shape index (κ3) is 4.00. The summed E-state index contributed by atoms with van der Waals surface area (Å²) in [6.45, 7) is 6.38. The number of carbonyl (C=O) groups excluding carboxylic acids is 1. The summed E-state index contributed by atoms with van der Waals surface area (Å²) < 4.78 is 0. The Morgan fingerprint density at radius 3 is 2.56 bits per heavy atom. The molecule has 1 rings (SSSR count). The van der Waals surface area contributed by atoms with Gasteiger partial charge in [0.25, 0.3) is 0 Å². The molecule has 1 aromatic carbocycles. The largest absolute Gasteiger partial charge is 0.352 e. The monoisotopic (exact) mass is 268 g/mol. The van der Waals surface area contributed by atoms with Gasteiger partial charge < -0.3 is 11.1 Å². The minimum absolute atomic E-state index is 0.00483. The van der Waals surface area contributed by atoms with Crippen LogP contribution in [0.5, 0.6) is 0 Å². The van der Waals surface area contributed by atoms with Gasteiger partial charge in [-0.2, -0.15) is 0 Å². The Kier molecular flexibility index (Phi) is 5.63. The van der Waals surface area contributed by atoms with Gasteiger partial charge in [0.15, 0.2) is 0 Å². The number of nitrogens with one attached hydrogen (secondary N) is 1. The summed E-state index contributed by atoms with van der Waals surface area (Å²) in [5.74, 6) is 0.0105. The Morgan fingerprint density at radius 1 is 1.39 bits per heavy atom. The molecule has 4 heteroatoms. The van der Waals surface area contributed by atoms with Crippen molar-refractivity contribution in [3.63, 3.8) is 0 Å². The standard InChI is InChI=1S/C14H21ClN2O/c1-9(2)13(14(18)17-10(3)8-16)11-5-4-6-12(15)7-11/h4-7,9-10,13H,8,16H2,1-3H3,(H,17,18)/t10-,13?/m0/s1. The molecular weight excluding hydrogens is 248 g/mol. The van der Waals surface area contributed by atoms with E-state index in [1.54, 1.807) is 0 Å². The van der Waals surface area contributed by atoms with E-state index in [4.69, 9.17) is 17.3 Å². The highest BCUT2D eigenvalue weighted by Gasteiger charge is 2.25. The van der Waals surface area contributed by atoms with Crippen molar-refractivity contribution < 1.29 is 4.79 Å². The van der Waals surface area contributed by atoms with Crippen LogP contribution >= 0.6 is 11.6 Å². The maximum Gasteiger partial charge on any atom is 0.228 e. The van der Waals surface area contributed by atoms with Crippen molar-refractivity contribution in [1.29, 1.82) is 0 Å². The average Bonchev–Trinajstić information content (AvgIpc) is 2.28. The first-order valence-corrected chi connectivity index (χ1v) is 6.59. The average molecular weight is 269 g/mol. The maximum atomic E-state index is 12.3. The van der Waals surface area contributed by atoms with Gasteiger partial charge in [-0.25, -0.2) is 0 Å². The molecule has 0 spiro atoms. The molecular formula is C14H21ClN2O. The molecule has 2 atom stereocenters. The SMILES string of the molecule is CC(C)C(C(=O)N[C@@H](C)CN)c1cccc(Cl)c1. The fourth-order valence-electron chi connectivity index (χ4n) is 1.93. The smallest absolute Gasteiger partial charge is 0.228 e. The van der Waals surface area contributed by atoms with Gasteiger partial charge in [0.05, 0.1) is 5.92 Å². The van der Waals surface area contributed by atoms with E-state index >= 15 is 0 Å². The highest BCUT2D eigenvalue weighted by Crippen LogP contribution is 2.26. The van der Waals surface area contributed by atoms with Gasteiger partial charge in [0, 0.05) is 17.6 Å². The zero-order valence-corrected chi connectivity index (χ0v) is 11.9. The minimum Gasteiger partial charge on any atom is -0.352 e. The lowest BCUT2D eigenvalue weighted by Crippen LogP contribution is -2.41. The molecule has 0 aliphatic carbocycles. The zero-order chi connectivity index (χ0) is 13.7. The summed E-state index contributed by atoms with van der Waals surface area (Å²) in [6.07, 6.45) is 0. The van der Waals surface area contributed by atoms with E-state index in [0.29, 0.717) is 11.6 Å². The Morgan fingerprint density at radius 2 is 2.06 bits per heavy atom. The molecule has 0 saturated heterocycles.